The van der Waals surface area contributed by atoms with Crippen LogP contribution >= 0.6 is 0 Å². The van der Waals surface area contributed by atoms with E-state index in [0.717, 1.165) is 0 Å². The van der Waals surface area contributed by atoms with E-state index in [-0.39, 0.29) is 6.54 Å². The Kier molecular flexibility index (Phi) is 4.26. The molecule has 0 spiro atoms. The van der Waals surface area contributed by atoms with E-state index in [9.17, 15) is 18.4 Å². The Morgan fingerprint density at radius 2 is 2.24 bits per heavy atom. The molecule has 1 amide bonds. The lowest BCUT2D eigenvalue weighted by molar-refractivity contribution is -0.122. The molecule has 2 heterocycles. The summed E-state index contributed by atoms with van der Waals surface area (Å²) < 4.78 is 31.2. The summed E-state index contributed by atoms with van der Waals surface area (Å²) >= 11 is 0. The summed E-state index contributed by atoms with van der Waals surface area (Å²) in [6.07, 6.45) is -1.68. The molecule has 0 radical (unpaired) electrons. The number of nitrogens with zero attached hydrogens (tertiary/aromatic N) is 3. The molecule has 10 heteroatoms. The van der Waals surface area contributed by atoms with Gasteiger partial charge in [-0.25, -0.2) is 18.3 Å². The highest BCUT2D eigenvalue weighted by Gasteiger charge is 2.27. The predicted octanol–water partition coefficient (Wildman–Crippen LogP) is 0.823. The van der Waals surface area contributed by atoms with Crippen LogP contribution in [0.4, 0.5) is 8.78 Å². The van der Waals surface area contributed by atoms with Crippen molar-refractivity contribution in [1.82, 2.24) is 20.3 Å². The number of halogens is 2. The molecule has 0 unspecified atom stereocenters. The highest BCUT2D eigenvalue weighted by molar-refractivity contribution is 5.86. The molecule has 0 saturated heterocycles. The zero-order valence-electron chi connectivity index (χ0n) is 10.5. The first-order valence-corrected chi connectivity index (χ1v) is 5.73. The standard InChI is InChI=1S/C11H10F2N4O4/c12-10(13)9-8(11(19)20)15-16-17(9)5-7(18)14-4-6-2-1-3-21-6/h1-3,10H,4-5H2,(H,14,18)(H,19,20). The Bertz CT molecular complexity index is 639. The number of rotatable bonds is 6. The van der Waals surface area contributed by atoms with Crippen molar-refractivity contribution in [2.75, 3.05) is 0 Å². The average molecular weight is 300 g/mol. The molecule has 0 aliphatic rings. The largest absolute Gasteiger partial charge is 0.476 e. The number of alkyl halides is 2. The van der Waals surface area contributed by atoms with Gasteiger partial charge in [-0.3, -0.25) is 4.79 Å². The van der Waals surface area contributed by atoms with Crippen molar-refractivity contribution in [2.24, 2.45) is 0 Å². The highest BCUT2D eigenvalue weighted by atomic mass is 19.3. The Hall–Kier alpha value is -2.78. The van der Waals surface area contributed by atoms with E-state index in [4.69, 9.17) is 9.52 Å². The minimum Gasteiger partial charge on any atom is -0.476 e. The summed E-state index contributed by atoms with van der Waals surface area (Å²) in [5.41, 5.74) is -1.78. The topological polar surface area (TPSA) is 110 Å². The lowest BCUT2D eigenvalue weighted by Gasteiger charge is -2.06. The van der Waals surface area contributed by atoms with Crippen molar-refractivity contribution in [3.63, 3.8) is 0 Å². The van der Waals surface area contributed by atoms with Gasteiger partial charge >= 0.3 is 5.97 Å². The maximum absolute atomic E-state index is 12.8. The van der Waals surface area contributed by atoms with Crippen molar-refractivity contribution in [2.45, 2.75) is 19.5 Å². The van der Waals surface area contributed by atoms with Crippen LogP contribution in [0.1, 0.15) is 28.4 Å². The predicted molar refractivity (Wildman–Crippen MR) is 62.5 cm³/mol. The summed E-state index contributed by atoms with van der Waals surface area (Å²) in [5, 5.41) is 17.6. The first-order chi connectivity index (χ1) is 9.99. The van der Waals surface area contributed by atoms with Crippen LogP contribution in [0, 0.1) is 0 Å². The fraction of sp³-hybridized carbons (Fsp3) is 0.273. The third kappa shape index (κ3) is 3.41. The second-order valence-electron chi connectivity index (χ2n) is 3.94. The minimum absolute atomic E-state index is 0.0797. The molecule has 2 rings (SSSR count). The molecule has 2 aromatic rings. The Labute approximate surface area is 116 Å². The third-order valence-corrected chi connectivity index (χ3v) is 2.52. The molecular weight excluding hydrogens is 290 g/mol. The van der Waals surface area contributed by atoms with E-state index in [1.165, 1.54) is 6.26 Å². The summed E-state index contributed by atoms with van der Waals surface area (Å²) in [4.78, 5) is 22.4. The molecule has 8 nitrogen and oxygen atoms in total. The monoisotopic (exact) mass is 300 g/mol. The molecule has 0 aromatic carbocycles. The number of nitrogens with one attached hydrogen (secondary N) is 1. The molecule has 0 aliphatic carbocycles. The molecule has 21 heavy (non-hydrogen) atoms. The van der Waals surface area contributed by atoms with Crippen LogP contribution in [0.25, 0.3) is 0 Å². The fourth-order valence-corrected chi connectivity index (χ4v) is 1.60. The van der Waals surface area contributed by atoms with Crippen LogP contribution < -0.4 is 5.32 Å². The number of carboxylic acids is 1. The number of carboxylic acid groups (broad SMARTS) is 1. The van der Waals surface area contributed by atoms with Gasteiger partial charge in [0.15, 0.2) is 5.69 Å². The van der Waals surface area contributed by atoms with Crippen molar-refractivity contribution in [3.8, 4) is 0 Å². The Morgan fingerprint density at radius 1 is 1.48 bits per heavy atom. The van der Waals surface area contributed by atoms with Gasteiger partial charge < -0.3 is 14.8 Å². The van der Waals surface area contributed by atoms with Gasteiger partial charge in [0.1, 0.15) is 18.0 Å². The lowest BCUT2D eigenvalue weighted by Crippen LogP contribution is -2.28. The SMILES string of the molecule is O=C(Cn1nnc(C(=O)O)c1C(F)F)NCc1ccco1. The van der Waals surface area contributed by atoms with E-state index in [0.29, 0.717) is 10.4 Å². The Balaban J connectivity index is 2.05. The summed E-state index contributed by atoms with van der Waals surface area (Å²) in [6.45, 7) is -0.489. The molecule has 0 bridgehead atoms. The van der Waals surface area contributed by atoms with E-state index in [1.54, 1.807) is 12.1 Å². The fourth-order valence-electron chi connectivity index (χ4n) is 1.60. The van der Waals surface area contributed by atoms with E-state index in [1.807, 2.05) is 0 Å². The van der Waals surface area contributed by atoms with Gasteiger partial charge in [0, 0.05) is 0 Å². The van der Waals surface area contributed by atoms with Crippen molar-refractivity contribution in [1.29, 1.82) is 0 Å². The van der Waals surface area contributed by atoms with Crippen molar-refractivity contribution in [3.05, 3.63) is 35.5 Å². The van der Waals surface area contributed by atoms with Gasteiger partial charge in [0.05, 0.1) is 12.8 Å². The highest BCUT2D eigenvalue weighted by Crippen LogP contribution is 2.21. The van der Waals surface area contributed by atoms with Gasteiger partial charge in [-0.05, 0) is 12.1 Å². The number of furan rings is 1. The maximum atomic E-state index is 12.8. The van der Waals surface area contributed by atoms with Crippen LogP contribution in [-0.4, -0.2) is 32.0 Å². The zero-order valence-corrected chi connectivity index (χ0v) is 10.5. The molecule has 0 aliphatic heterocycles. The van der Waals surface area contributed by atoms with Gasteiger partial charge in [-0.15, -0.1) is 5.10 Å². The van der Waals surface area contributed by atoms with Gasteiger partial charge in [0.2, 0.25) is 5.91 Å². The van der Waals surface area contributed by atoms with Crippen LogP contribution in [0.2, 0.25) is 0 Å². The number of carbonyl (C=O) groups excluding carboxylic acids is 1. The maximum Gasteiger partial charge on any atom is 0.358 e. The molecule has 0 fully saturated rings. The van der Waals surface area contributed by atoms with Crippen LogP contribution in [0.5, 0.6) is 0 Å². The number of aromatic carboxylic acids is 1. The van der Waals surface area contributed by atoms with Crippen LogP contribution in [0.3, 0.4) is 0 Å². The number of hydrogen-bond acceptors (Lipinski definition) is 5. The number of amides is 1. The first kappa shape index (κ1) is 14.6. The smallest absolute Gasteiger partial charge is 0.358 e. The molecule has 2 N–H and O–H groups in total. The number of aromatic nitrogens is 3. The average Bonchev–Trinajstić information content (AvgIpc) is 3.04. The molecular formula is C11H10F2N4O4. The van der Waals surface area contributed by atoms with Crippen molar-refractivity contribution < 1.29 is 27.9 Å². The summed E-state index contributed by atoms with van der Waals surface area (Å²) in [5.74, 6) is -1.77. The second-order valence-corrected chi connectivity index (χ2v) is 3.94. The van der Waals surface area contributed by atoms with Crippen LogP contribution in [-0.2, 0) is 17.9 Å². The molecule has 0 atom stereocenters. The number of hydrogen-bond donors (Lipinski definition) is 2. The van der Waals surface area contributed by atoms with Gasteiger partial charge in [0.25, 0.3) is 6.43 Å². The third-order valence-electron chi connectivity index (χ3n) is 2.52. The summed E-state index contributed by atoms with van der Waals surface area (Å²) in [6, 6.07) is 3.26. The molecule has 0 saturated carbocycles. The quantitative estimate of drug-likeness (QED) is 0.817. The second kappa shape index (κ2) is 6.11. The van der Waals surface area contributed by atoms with Gasteiger partial charge in [-0.2, -0.15) is 0 Å². The number of carbonyl (C=O) groups is 2. The normalized spacial score (nSPS) is 10.8. The Morgan fingerprint density at radius 3 is 2.81 bits per heavy atom. The first-order valence-electron chi connectivity index (χ1n) is 5.73. The zero-order chi connectivity index (χ0) is 15.4. The molecule has 2 aromatic heterocycles. The molecule has 112 valence electrons. The minimum atomic E-state index is -3.11. The van der Waals surface area contributed by atoms with E-state index in [2.05, 4.69) is 15.6 Å². The van der Waals surface area contributed by atoms with E-state index < -0.39 is 36.2 Å². The summed E-state index contributed by atoms with van der Waals surface area (Å²) in [7, 11) is 0. The van der Waals surface area contributed by atoms with Crippen molar-refractivity contribution >= 4 is 11.9 Å². The van der Waals surface area contributed by atoms with E-state index >= 15 is 0 Å². The van der Waals surface area contributed by atoms with Crippen LogP contribution in [0.15, 0.2) is 22.8 Å². The lowest BCUT2D eigenvalue weighted by atomic mass is 10.3. The van der Waals surface area contributed by atoms with Gasteiger partial charge in [-0.1, -0.05) is 5.21 Å².